The molecule has 154 valence electrons. The zero-order valence-corrected chi connectivity index (χ0v) is 16.2. The van der Waals surface area contributed by atoms with Gasteiger partial charge in [0.05, 0.1) is 5.56 Å². The fraction of sp³-hybridized carbons (Fsp3) is 0.571. The molecule has 1 aromatic rings. The third-order valence-corrected chi connectivity index (χ3v) is 5.97. The molecule has 0 radical (unpaired) electrons. The summed E-state index contributed by atoms with van der Waals surface area (Å²) in [4.78, 5) is 17.0. The van der Waals surface area contributed by atoms with Crippen LogP contribution in [0.5, 0.6) is 0 Å². The maximum absolute atomic E-state index is 12.6. The van der Waals surface area contributed by atoms with Crippen LogP contribution in [0.15, 0.2) is 36.9 Å². The monoisotopic (exact) mass is 395 g/mol. The fourth-order valence-corrected chi connectivity index (χ4v) is 4.49. The first kappa shape index (κ1) is 20.9. The zero-order valence-electron chi connectivity index (χ0n) is 16.2. The Morgan fingerprint density at radius 2 is 2.07 bits per heavy atom. The van der Waals surface area contributed by atoms with E-state index in [2.05, 4.69) is 28.7 Å². The second-order valence-corrected chi connectivity index (χ2v) is 7.99. The lowest BCUT2D eigenvalue weighted by Gasteiger charge is -2.50. The number of carbonyl (C=O) groups excluding carboxylic acids is 1. The van der Waals surface area contributed by atoms with E-state index in [1.54, 1.807) is 0 Å². The summed E-state index contributed by atoms with van der Waals surface area (Å²) < 4.78 is 37.9. The molecule has 3 heterocycles. The molecule has 3 aliphatic heterocycles. The first-order valence-electron chi connectivity index (χ1n) is 9.77. The summed E-state index contributed by atoms with van der Waals surface area (Å²) in [6.07, 6.45) is -0.226. The molecule has 4 atom stereocenters. The molecule has 3 saturated heterocycles. The Morgan fingerprint density at radius 3 is 2.64 bits per heavy atom. The van der Waals surface area contributed by atoms with E-state index in [4.69, 9.17) is 0 Å². The largest absolute Gasteiger partial charge is 0.416 e. The quantitative estimate of drug-likeness (QED) is 0.720. The Kier molecular flexibility index (Phi) is 6.45. The van der Waals surface area contributed by atoms with Crippen LogP contribution in [0.25, 0.3) is 0 Å². The van der Waals surface area contributed by atoms with Crippen LogP contribution in [0.3, 0.4) is 0 Å². The highest BCUT2D eigenvalue weighted by molar-refractivity contribution is 5.94. The average molecular weight is 395 g/mol. The number of benzene rings is 1. The number of nitrogens with zero attached hydrogens (tertiary/aromatic N) is 2. The molecule has 7 heteroatoms. The second kappa shape index (κ2) is 8.66. The van der Waals surface area contributed by atoms with E-state index in [9.17, 15) is 18.0 Å². The summed E-state index contributed by atoms with van der Waals surface area (Å²) in [6.45, 7) is 8.34. The van der Waals surface area contributed by atoms with Gasteiger partial charge >= 0.3 is 6.18 Å². The molecule has 1 amide bonds. The average Bonchev–Trinajstić information content (AvgIpc) is 2.66. The van der Waals surface area contributed by atoms with Crippen LogP contribution in [-0.4, -0.2) is 61.5 Å². The van der Waals surface area contributed by atoms with Crippen molar-refractivity contribution in [1.82, 2.24) is 15.1 Å². The third kappa shape index (κ3) is 4.94. The molecule has 4 unspecified atom stereocenters. The molecule has 0 aliphatic carbocycles. The van der Waals surface area contributed by atoms with Crippen LogP contribution in [0.2, 0.25) is 0 Å². The number of hydrogen-bond acceptors (Lipinski definition) is 3. The van der Waals surface area contributed by atoms with Crippen LogP contribution in [0.4, 0.5) is 13.2 Å². The molecule has 3 fully saturated rings. The van der Waals surface area contributed by atoms with Gasteiger partial charge in [0.1, 0.15) is 0 Å². The second-order valence-electron chi connectivity index (χ2n) is 7.99. The molecule has 1 N–H and O–H groups in total. The Hall–Kier alpha value is -1.86. The van der Waals surface area contributed by atoms with Crippen LogP contribution in [0.1, 0.15) is 28.8 Å². The Morgan fingerprint density at radius 1 is 1.36 bits per heavy atom. The molecule has 4 rings (SSSR count). The molecule has 0 aromatic heterocycles. The van der Waals surface area contributed by atoms with Crippen LogP contribution < -0.4 is 5.32 Å². The van der Waals surface area contributed by atoms with Crippen molar-refractivity contribution in [1.29, 1.82) is 0 Å². The van der Waals surface area contributed by atoms with Gasteiger partial charge in [0, 0.05) is 37.8 Å². The van der Waals surface area contributed by atoms with Gasteiger partial charge in [-0.15, -0.1) is 6.58 Å². The molecule has 1 aromatic carbocycles. The van der Waals surface area contributed by atoms with Gasteiger partial charge in [0.15, 0.2) is 0 Å². The van der Waals surface area contributed by atoms with Gasteiger partial charge in [0.25, 0.3) is 5.91 Å². The van der Waals surface area contributed by atoms with E-state index in [0.29, 0.717) is 24.4 Å². The molecule has 3 aliphatic rings. The topological polar surface area (TPSA) is 35.6 Å². The Bertz CT molecular complexity index is 689. The minimum absolute atomic E-state index is 0.257. The third-order valence-electron chi connectivity index (χ3n) is 5.97. The molecular formula is C21H28F3N3O. The number of halogens is 3. The van der Waals surface area contributed by atoms with Crippen molar-refractivity contribution in [2.24, 2.45) is 11.8 Å². The number of alkyl halides is 3. The van der Waals surface area contributed by atoms with Crippen molar-refractivity contribution < 1.29 is 18.0 Å². The van der Waals surface area contributed by atoms with Gasteiger partial charge in [-0.1, -0.05) is 6.08 Å². The summed E-state index contributed by atoms with van der Waals surface area (Å²) >= 11 is 0. The smallest absolute Gasteiger partial charge is 0.350 e. The predicted octanol–water partition coefficient (Wildman–Crippen LogP) is 3.26. The maximum atomic E-state index is 12.6. The summed E-state index contributed by atoms with van der Waals surface area (Å²) in [5.74, 6) is 0.976. The zero-order chi connectivity index (χ0) is 20.3. The molecule has 0 spiro atoms. The van der Waals surface area contributed by atoms with Gasteiger partial charge in [-0.3, -0.25) is 9.69 Å². The highest BCUT2D eigenvalue weighted by Gasteiger charge is 2.40. The standard InChI is InChI=1S/C21H28F3N3O/c1-3-9-26(2)13-17-14-27-10-8-16(17)11-19(27)12-25-20(28)15-4-6-18(7-5-15)21(22,23)24/h3-7,16-17,19H,1,8-14H2,2H3,(H,25,28). The van der Waals surface area contributed by atoms with E-state index < -0.39 is 11.7 Å². The predicted molar refractivity (Wildman–Crippen MR) is 103 cm³/mol. The summed E-state index contributed by atoms with van der Waals surface area (Å²) in [6, 6.07) is 4.67. The maximum Gasteiger partial charge on any atom is 0.416 e. The normalized spacial score (nSPS) is 27.0. The lowest BCUT2D eigenvalue weighted by molar-refractivity contribution is -0.137. The SMILES string of the molecule is C=CCN(C)CC1CN2CCC1CC2CNC(=O)c1ccc(C(F)(F)F)cc1. The van der Waals surface area contributed by atoms with Gasteiger partial charge in [-0.05, 0) is 62.5 Å². The van der Waals surface area contributed by atoms with Crippen LogP contribution in [-0.2, 0) is 6.18 Å². The van der Waals surface area contributed by atoms with Gasteiger partial charge < -0.3 is 10.2 Å². The number of hydrogen-bond donors (Lipinski definition) is 1. The number of nitrogens with one attached hydrogen (secondary N) is 1. The van der Waals surface area contributed by atoms with Crippen molar-refractivity contribution >= 4 is 5.91 Å². The van der Waals surface area contributed by atoms with E-state index in [0.717, 1.165) is 44.7 Å². The van der Waals surface area contributed by atoms with Crippen LogP contribution in [0, 0.1) is 11.8 Å². The number of piperidine rings is 3. The van der Waals surface area contributed by atoms with E-state index in [1.165, 1.54) is 18.6 Å². The fourth-order valence-electron chi connectivity index (χ4n) is 4.49. The molecule has 0 saturated carbocycles. The van der Waals surface area contributed by atoms with Gasteiger partial charge in [0.2, 0.25) is 0 Å². The lowest BCUT2D eigenvalue weighted by atomic mass is 9.75. The summed E-state index contributed by atoms with van der Waals surface area (Å²) in [7, 11) is 2.11. The van der Waals surface area contributed by atoms with E-state index in [-0.39, 0.29) is 11.5 Å². The van der Waals surface area contributed by atoms with E-state index >= 15 is 0 Å². The highest BCUT2D eigenvalue weighted by atomic mass is 19.4. The van der Waals surface area contributed by atoms with Crippen molar-refractivity contribution in [2.75, 3.05) is 39.8 Å². The summed E-state index contributed by atoms with van der Waals surface area (Å²) in [5, 5.41) is 2.90. The number of likely N-dealkylation sites (N-methyl/N-ethyl adjacent to an activating group) is 1. The number of fused-ring (bicyclic) bond motifs is 3. The Labute approximate surface area is 164 Å². The molecule has 4 nitrogen and oxygen atoms in total. The van der Waals surface area contributed by atoms with Gasteiger partial charge in [-0.25, -0.2) is 0 Å². The van der Waals surface area contributed by atoms with Crippen LogP contribution >= 0.6 is 0 Å². The number of amides is 1. The minimum atomic E-state index is -4.39. The molecular weight excluding hydrogens is 367 g/mol. The first-order chi connectivity index (χ1) is 13.3. The van der Waals surface area contributed by atoms with Crippen molar-refractivity contribution in [3.05, 3.63) is 48.0 Å². The van der Waals surface area contributed by atoms with Crippen molar-refractivity contribution in [3.8, 4) is 0 Å². The van der Waals surface area contributed by atoms with Crippen molar-refractivity contribution in [2.45, 2.75) is 25.1 Å². The lowest BCUT2D eigenvalue weighted by Crippen LogP contribution is -2.58. The first-order valence-corrected chi connectivity index (χ1v) is 9.77. The Balaban J connectivity index is 1.50. The highest BCUT2D eigenvalue weighted by Crippen LogP contribution is 2.36. The molecule has 2 bridgehead atoms. The summed E-state index contributed by atoms with van der Waals surface area (Å²) in [5.41, 5.74) is -0.486. The number of rotatable bonds is 7. The minimum Gasteiger partial charge on any atom is -0.350 e. The molecule has 28 heavy (non-hydrogen) atoms. The number of carbonyl (C=O) groups is 1. The van der Waals surface area contributed by atoms with Crippen molar-refractivity contribution in [3.63, 3.8) is 0 Å². The van der Waals surface area contributed by atoms with E-state index in [1.807, 2.05) is 6.08 Å². The van der Waals surface area contributed by atoms with Gasteiger partial charge in [-0.2, -0.15) is 13.2 Å².